The summed E-state index contributed by atoms with van der Waals surface area (Å²) in [6, 6.07) is 11.2. The standard InChI is InChI=1S/C20H22FN3O3/c1-14(25)23-17-6-7-18(19(12-17)24-8-10-27-11-9-24)20(26)22-13-15-2-4-16(21)5-3-15/h2-7,12H,8-11,13H2,1H3,(H,22,26)(H,23,25). The van der Waals surface area contributed by atoms with E-state index in [1.807, 2.05) is 0 Å². The predicted octanol–water partition coefficient (Wildman–Crippen LogP) is 2.55. The van der Waals surface area contributed by atoms with Gasteiger partial charge in [0.05, 0.1) is 24.5 Å². The third-order valence-corrected chi connectivity index (χ3v) is 4.28. The average Bonchev–Trinajstić information content (AvgIpc) is 2.67. The summed E-state index contributed by atoms with van der Waals surface area (Å²) in [5.41, 5.74) is 2.72. The smallest absolute Gasteiger partial charge is 0.253 e. The molecule has 142 valence electrons. The van der Waals surface area contributed by atoms with E-state index in [9.17, 15) is 14.0 Å². The number of anilines is 2. The number of halogens is 1. The summed E-state index contributed by atoms with van der Waals surface area (Å²) in [5, 5.41) is 5.62. The topological polar surface area (TPSA) is 70.7 Å². The maximum Gasteiger partial charge on any atom is 0.253 e. The second-order valence-corrected chi connectivity index (χ2v) is 6.32. The normalized spacial score (nSPS) is 13.9. The van der Waals surface area contributed by atoms with Crippen molar-refractivity contribution < 1.29 is 18.7 Å². The minimum absolute atomic E-state index is 0.170. The average molecular weight is 371 g/mol. The molecule has 1 heterocycles. The van der Waals surface area contributed by atoms with Crippen LogP contribution in [0.1, 0.15) is 22.8 Å². The van der Waals surface area contributed by atoms with Gasteiger partial charge in [-0.05, 0) is 35.9 Å². The summed E-state index contributed by atoms with van der Waals surface area (Å²) < 4.78 is 18.4. The summed E-state index contributed by atoms with van der Waals surface area (Å²) >= 11 is 0. The van der Waals surface area contributed by atoms with Crippen molar-refractivity contribution in [2.75, 3.05) is 36.5 Å². The third-order valence-electron chi connectivity index (χ3n) is 4.28. The molecule has 1 aliphatic heterocycles. The maximum atomic E-state index is 13.0. The number of morpholine rings is 1. The molecule has 7 heteroatoms. The first-order chi connectivity index (χ1) is 13.0. The van der Waals surface area contributed by atoms with Gasteiger partial charge in [-0.15, -0.1) is 0 Å². The number of amides is 2. The van der Waals surface area contributed by atoms with E-state index in [1.165, 1.54) is 19.1 Å². The van der Waals surface area contributed by atoms with Crippen molar-refractivity contribution in [3.8, 4) is 0 Å². The van der Waals surface area contributed by atoms with Crippen LogP contribution in [0.5, 0.6) is 0 Å². The number of hydrogen-bond acceptors (Lipinski definition) is 4. The molecule has 0 radical (unpaired) electrons. The van der Waals surface area contributed by atoms with E-state index in [0.29, 0.717) is 44.1 Å². The summed E-state index contributed by atoms with van der Waals surface area (Å²) in [6.45, 7) is 4.25. The van der Waals surface area contributed by atoms with Gasteiger partial charge in [-0.25, -0.2) is 4.39 Å². The Bertz CT molecular complexity index is 818. The van der Waals surface area contributed by atoms with E-state index < -0.39 is 0 Å². The highest BCUT2D eigenvalue weighted by Gasteiger charge is 2.19. The molecule has 2 aromatic rings. The van der Waals surface area contributed by atoms with E-state index >= 15 is 0 Å². The molecule has 3 rings (SSSR count). The highest BCUT2D eigenvalue weighted by molar-refractivity contribution is 6.01. The van der Waals surface area contributed by atoms with Crippen LogP contribution in [-0.2, 0) is 16.1 Å². The fraction of sp³-hybridized carbons (Fsp3) is 0.300. The zero-order chi connectivity index (χ0) is 19.2. The number of ether oxygens (including phenoxy) is 1. The molecular formula is C20H22FN3O3. The minimum Gasteiger partial charge on any atom is -0.378 e. The SMILES string of the molecule is CC(=O)Nc1ccc(C(=O)NCc2ccc(F)cc2)c(N2CCOCC2)c1. The Morgan fingerprint density at radius 1 is 1.11 bits per heavy atom. The first kappa shape index (κ1) is 18.8. The van der Waals surface area contributed by atoms with Gasteiger partial charge < -0.3 is 20.3 Å². The lowest BCUT2D eigenvalue weighted by atomic mass is 10.1. The second kappa shape index (κ2) is 8.64. The number of benzene rings is 2. The number of nitrogens with zero attached hydrogens (tertiary/aromatic N) is 1. The van der Waals surface area contributed by atoms with Gasteiger partial charge in [-0.1, -0.05) is 12.1 Å². The van der Waals surface area contributed by atoms with E-state index in [1.54, 1.807) is 30.3 Å². The van der Waals surface area contributed by atoms with Crippen LogP contribution < -0.4 is 15.5 Å². The van der Waals surface area contributed by atoms with Crippen molar-refractivity contribution in [2.24, 2.45) is 0 Å². The molecule has 0 aliphatic carbocycles. The lowest BCUT2D eigenvalue weighted by molar-refractivity contribution is -0.114. The van der Waals surface area contributed by atoms with Gasteiger partial charge in [0.2, 0.25) is 5.91 Å². The van der Waals surface area contributed by atoms with Crippen LogP contribution in [0.2, 0.25) is 0 Å². The van der Waals surface area contributed by atoms with Crippen molar-refractivity contribution in [2.45, 2.75) is 13.5 Å². The zero-order valence-electron chi connectivity index (χ0n) is 15.1. The van der Waals surface area contributed by atoms with Crippen LogP contribution in [0, 0.1) is 5.82 Å². The van der Waals surface area contributed by atoms with E-state index in [4.69, 9.17) is 4.74 Å². The monoisotopic (exact) mass is 371 g/mol. The highest BCUT2D eigenvalue weighted by Crippen LogP contribution is 2.26. The maximum absolute atomic E-state index is 13.0. The fourth-order valence-corrected chi connectivity index (χ4v) is 2.95. The summed E-state index contributed by atoms with van der Waals surface area (Å²) in [4.78, 5) is 26.2. The molecule has 0 spiro atoms. The third kappa shape index (κ3) is 5.04. The summed E-state index contributed by atoms with van der Waals surface area (Å²) in [5.74, 6) is -0.708. The van der Waals surface area contributed by atoms with Crippen LogP contribution in [0.4, 0.5) is 15.8 Å². The first-order valence-electron chi connectivity index (χ1n) is 8.80. The van der Waals surface area contributed by atoms with Gasteiger partial charge >= 0.3 is 0 Å². The van der Waals surface area contributed by atoms with Gasteiger partial charge in [0.1, 0.15) is 5.82 Å². The quantitative estimate of drug-likeness (QED) is 0.847. The number of rotatable bonds is 5. The van der Waals surface area contributed by atoms with Crippen molar-refractivity contribution in [1.29, 1.82) is 0 Å². The lowest BCUT2D eigenvalue weighted by Gasteiger charge is -2.30. The van der Waals surface area contributed by atoms with Crippen molar-refractivity contribution in [3.63, 3.8) is 0 Å². The molecule has 1 aliphatic rings. The molecule has 0 bridgehead atoms. The molecule has 27 heavy (non-hydrogen) atoms. The number of carbonyl (C=O) groups is 2. The molecule has 0 unspecified atom stereocenters. The minimum atomic E-state index is -0.312. The van der Waals surface area contributed by atoms with Crippen LogP contribution in [-0.4, -0.2) is 38.1 Å². The Hall–Kier alpha value is -2.93. The lowest BCUT2D eigenvalue weighted by Crippen LogP contribution is -2.38. The van der Waals surface area contributed by atoms with E-state index in [-0.39, 0.29) is 17.6 Å². The Balaban J connectivity index is 1.80. The fourth-order valence-electron chi connectivity index (χ4n) is 2.95. The van der Waals surface area contributed by atoms with E-state index in [0.717, 1.165) is 11.3 Å². The molecule has 2 aromatic carbocycles. The largest absolute Gasteiger partial charge is 0.378 e. The Kier molecular flexibility index (Phi) is 6.03. The number of hydrogen-bond donors (Lipinski definition) is 2. The molecule has 2 amide bonds. The summed E-state index contributed by atoms with van der Waals surface area (Å²) in [7, 11) is 0. The van der Waals surface area contributed by atoms with E-state index in [2.05, 4.69) is 15.5 Å². The number of nitrogens with one attached hydrogen (secondary N) is 2. The van der Waals surface area contributed by atoms with Crippen LogP contribution in [0.15, 0.2) is 42.5 Å². The molecule has 0 saturated carbocycles. The molecule has 0 aromatic heterocycles. The van der Waals surface area contributed by atoms with Gasteiger partial charge in [0, 0.05) is 32.2 Å². The summed E-state index contributed by atoms with van der Waals surface area (Å²) in [6.07, 6.45) is 0. The van der Waals surface area contributed by atoms with Crippen LogP contribution in [0.3, 0.4) is 0 Å². The van der Waals surface area contributed by atoms with Crippen LogP contribution >= 0.6 is 0 Å². The molecule has 2 N–H and O–H groups in total. The molecule has 6 nitrogen and oxygen atoms in total. The van der Waals surface area contributed by atoms with Gasteiger partial charge in [0.25, 0.3) is 5.91 Å². The molecule has 0 atom stereocenters. The van der Waals surface area contributed by atoms with Gasteiger partial charge in [0.15, 0.2) is 0 Å². The molecule has 1 saturated heterocycles. The molecule has 1 fully saturated rings. The first-order valence-corrected chi connectivity index (χ1v) is 8.80. The highest BCUT2D eigenvalue weighted by atomic mass is 19.1. The predicted molar refractivity (Wildman–Crippen MR) is 101 cm³/mol. The van der Waals surface area contributed by atoms with Crippen molar-refractivity contribution in [3.05, 3.63) is 59.4 Å². The van der Waals surface area contributed by atoms with Crippen molar-refractivity contribution >= 4 is 23.2 Å². The Labute approximate surface area is 157 Å². The zero-order valence-corrected chi connectivity index (χ0v) is 15.1. The van der Waals surface area contributed by atoms with Gasteiger partial charge in [-0.3, -0.25) is 9.59 Å². The Morgan fingerprint density at radius 3 is 2.48 bits per heavy atom. The Morgan fingerprint density at radius 2 is 1.81 bits per heavy atom. The molecular weight excluding hydrogens is 349 g/mol. The number of carbonyl (C=O) groups excluding carboxylic acids is 2. The second-order valence-electron chi connectivity index (χ2n) is 6.32. The van der Waals surface area contributed by atoms with Gasteiger partial charge in [-0.2, -0.15) is 0 Å². The van der Waals surface area contributed by atoms with Crippen molar-refractivity contribution in [1.82, 2.24) is 5.32 Å². The van der Waals surface area contributed by atoms with Crippen LogP contribution in [0.25, 0.3) is 0 Å².